The Kier molecular flexibility index (Phi) is 8.28. The molecule has 168 valence electrons. The van der Waals surface area contributed by atoms with E-state index in [1.165, 1.54) is 0 Å². The predicted octanol–water partition coefficient (Wildman–Crippen LogP) is 6.59. The van der Waals surface area contributed by atoms with Gasteiger partial charge in [-0.2, -0.15) is 5.26 Å². The second-order valence-corrected chi connectivity index (χ2v) is 8.32. The summed E-state index contributed by atoms with van der Waals surface area (Å²) < 4.78 is 12.7. The van der Waals surface area contributed by atoms with Gasteiger partial charge in [-0.1, -0.05) is 52.3 Å². The second kappa shape index (κ2) is 11.3. The number of hydrogen-bond acceptors (Lipinski definition) is 4. The first-order chi connectivity index (χ1) is 15.9. The Morgan fingerprint density at radius 1 is 1.06 bits per heavy atom. The molecule has 3 aromatic rings. The number of halogens is 1. The average Bonchev–Trinajstić information content (AvgIpc) is 2.80. The topological polar surface area (TPSA) is 71.3 Å². The Balaban J connectivity index is 1.81. The Morgan fingerprint density at radius 2 is 1.85 bits per heavy atom. The van der Waals surface area contributed by atoms with Gasteiger partial charge >= 0.3 is 0 Å². The van der Waals surface area contributed by atoms with Crippen molar-refractivity contribution in [2.24, 2.45) is 0 Å². The molecule has 0 atom stereocenters. The van der Waals surface area contributed by atoms with Crippen molar-refractivity contribution in [1.29, 1.82) is 5.26 Å². The zero-order valence-corrected chi connectivity index (χ0v) is 20.4. The van der Waals surface area contributed by atoms with Gasteiger partial charge in [0.05, 0.1) is 6.61 Å². The number of ether oxygens (including phenoxy) is 2. The van der Waals surface area contributed by atoms with E-state index < -0.39 is 5.91 Å². The van der Waals surface area contributed by atoms with Crippen LogP contribution < -0.4 is 14.8 Å². The van der Waals surface area contributed by atoms with Crippen molar-refractivity contribution in [2.75, 3.05) is 11.9 Å². The van der Waals surface area contributed by atoms with E-state index >= 15 is 0 Å². The summed E-state index contributed by atoms with van der Waals surface area (Å²) in [6.45, 7) is 6.57. The van der Waals surface area contributed by atoms with Crippen LogP contribution >= 0.6 is 15.9 Å². The van der Waals surface area contributed by atoms with Crippen molar-refractivity contribution >= 4 is 33.6 Å². The van der Waals surface area contributed by atoms with Crippen LogP contribution in [0, 0.1) is 25.2 Å². The van der Waals surface area contributed by atoms with E-state index in [0.29, 0.717) is 36.0 Å². The molecule has 0 fully saturated rings. The molecule has 0 heterocycles. The number of nitriles is 1. The van der Waals surface area contributed by atoms with Crippen LogP contribution in [0.15, 0.2) is 70.7 Å². The molecule has 3 aromatic carbocycles. The van der Waals surface area contributed by atoms with Crippen molar-refractivity contribution in [3.63, 3.8) is 0 Å². The maximum Gasteiger partial charge on any atom is 0.266 e. The summed E-state index contributed by atoms with van der Waals surface area (Å²) in [6, 6.07) is 21.0. The van der Waals surface area contributed by atoms with Gasteiger partial charge < -0.3 is 14.8 Å². The van der Waals surface area contributed by atoms with Crippen LogP contribution in [0.2, 0.25) is 0 Å². The Bertz CT molecular complexity index is 1230. The fourth-order valence-electron chi connectivity index (χ4n) is 3.15. The molecule has 5 nitrogen and oxygen atoms in total. The van der Waals surface area contributed by atoms with E-state index in [-0.39, 0.29) is 5.57 Å². The molecule has 0 saturated carbocycles. The summed E-state index contributed by atoms with van der Waals surface area (Å²) >= 11 is 3.52. The van der Waals surface area contributed by atoms with E-state index in [1.807, 2.05) is 69.3 Å². The standard InChI is InChI=1S/C27H25BrN2O3/c1-4-32-26-15-20(11-12-25(26)33-17-21-7-5-6-8-23(21)28)14-22(16-29)27(31)30-24-13-18(2)9-10-19(24)3/h5-15H,4,17H2,1-3H3,(H,30,31)/b22-14+. The lowest BCUT2D eigenvalue weighted by Crippen LogP contribution is -2.14. The predicted molar refractivity (Wildman–Crippen MR) is 134 cm³/mol. The van der Waals surface area contributed by atoms with E-state index in [0.717, 1.165) is 21.2 Å². The number of anilines is 1. The zero-order valence-electron chi connectivity index (χ0n) is 18.8. The van der Waals surface area contributed by atoms with Crippen molar-refractivity contribution in [3.05, 3.63) is 93.0 Å². The van der Waals surface area contributed by atoms with E-state index in [1.54, 1.807) is 24.3 Å². The summed E-state index contributed by atoms with van der Waals surface area (Å²) in [4.78, 5) is 12.7. The van der Waals surface area contributed by atoms with Crippen molar-refractivity contribution in [1.82, 2.24) is 0 Å². The largest absolute Gasteiger partial charge is 0.490 e. The first-order valence-electron chi connectivity index (χ1n) is 10.5. The number of carbonyl (C=O) groups is 1. The minimum atomic E-state index is -0.460. The smallest absolute Gasteiger partial charge is 0.266 e. The van der Waals surface area contributed by atoms with Gasteiger partial charge in [0.25, 0.3) is 5.91 Å². The van der Waals surface area contributed by atoms with Crippen molar-refractivity contribution in [3.8, 4) is 17.6 Å². The number of rotatable bonds is 8. The summed E-state index contributed by atoms with van der Waals surface area (Å²) in [5.41, 5.74) is 4.32. The Labute approximate surface area is 202 Å². The maximum atomic E-state index is 12.7. The van der Waals surface area contributed by atoms with Gasteiger partial charge in [-0.25, -0.2) is 0 Å². The van der Waals surface area contributed by atoms with Crippen molar-refractivity contribution < 1.29 is 14.3 Å². The molecular formula is C27H25BrN2O3. The number of nitrogens with zero attached hydrogens (tertiary/aromatic N) is 1. The fourth-order valence-corrected chi connectivity index (χ4v) is 3.55. The molecule has 0 aromatic heterocycles. The fraction of sp³-hybridized carbons (Fsp3) is 0.185. The van der Waals surface area contributed by atoms with E-state index in [2.05, 4.69) is 21.2 Å². The highest BCUT2D eigenvalue weighted by atomic mass is 79.9. The van der Waals surface area contributed by atoms with Gasteiger partial charge in [0.1, 0.15) is 18.2 Å². The molecule has 0 bridgehead atoms. The van der Waals surface area contributed by atoms with Gasteiger partial charge in [-0.15, -0.1) is 0 Å². The monoisotopic (exact) mass is 504 g/mol. The second-order valence-electron chi connectivity index (χ2n) is 7.46. The highest BCUT2D eigenvalue weighted by Gasteiger charge is 2.13. The average molecular weight is 505 g/mol. The summed E-state index contributed by atoms with van der Waals surface area (Å²) in [5.74, 6) is 0.673. The minimum Gasteiger partial charge on any atom is -0.490 e. The lowest BCUT2D eigenvalue weighted by atomic mass is 10.1. The highest BCUT2D eigenvalue weighted by Crippen LogP contribution is 2.31. The van der Waals surface area contributed by atoms with E-state index in [9.17, 15) is 10.1 Å². The number of nitrogens with one attached hydrogen (secondary N) is 1. The lowest BCUT2D eigenvalue weighted by Gasteiger charge is -2.13. The molecule has 33 heavy (non-hydrogen) atoms. The number of aryl methyl sites for hydroxylation is 2. The molecule has 1 N–H and O–H groups in total. The molecule has 1 amide bonds. The number of carbonyl (C=O) groups excluding carboxylic acids is 1. The van der Waals surface area contributed by atoms with Gasteiger partial charge in [0.2, 0.25) is 0 Å². The minimum absolute atomic E-state index is 0.000221. The molecule has 3 rings (SSSR count). The van der Waals surface area contributed by atoms with Crippen LogP contribution in [-0.4, -0.2) is 12.5 Å². The van der Waals surface area contributed by atoms with Crippen LogP contribution in [0.4, 0.5) is 5.69 Å². The van der Waals surface area contributed by atoms with Crippen LogP contribution in [-0.2, 0) is 11.4 Å². The van der Waals surface area contributed by atoms with Gasteiger partial charge in [-0.3, -0.25) is 4.79 Å². The molecular weight excluding hydrogens is 480 g/mol. The highest BCUT2D eigenvalue weighted by molar-refractivity contribution is 9.10. The third-order valence-corrected chi connectivity index (χ3v) is 5.70. The maximum absolute atomic E-state index is 12.7. The van der Waals surface area contributed by atoms with Crippen LogP contribution in [0.1, 0.15) is 29.2 Å². The number of amides is 1. The van der Waals surface area contributed by atoms with Gasteiger partial charge in [0, 0.05) is 15.7 Å². The normalized spacial score (nSPS) is 10.9. The third kappa shape index (κ3) is 6.47. The molecule has 0 unspecified atom stereocenters. The number of benzene rings is 3. The molecule has 0 spiro atoms. The molecule has 0 radical (unpaired) electrons. The SMILES string of the molecule is CCOc1cc(/C=C(\C#N)C(=O)Nc2cc(C)ccc2C)ccc1OCc1ccccc1Br. The Morgan fingerprint density at radius 3 is 2.58 bits per heavy atom. The molecule has 6 heteroatoms. The van der Waals surface area contributed by atoms with Crippen LogP contribution in [0.25, 0.3) is 6.08 Å². The molecule has 0 aliphatic heterocycles. The first-order valence-corrected chi connectivity index (χ1v) is 11.3. The van der Waals surface area contributed by atoms with Gasteiger partial charge in [0.15, 0.2) is 11.5 Å². The lowest BCUT2D eigenvalue weighted by molar-refractivity contribution is -0.112. The van der Waals surface area contributed by atoms with Crippen LogP contribution in [0.5, 0.6) is 11.5 Å². The summed E-state index contributed by atoms with van der Waals surface area (Å²) in [5, 5.41) is 12.4. The zero-order chi connectivity index (χ0) is 23.8. The Hall–Kier alpha value is -3.56. The molecule has 0 aliphatic rings. The van der Waals surface area contributed by atoms with Crippen molar-refractivity contribution in [2.45, 2.75) is 27.4 Å². The number of hydrogen-bond donors (Lipinski definition) is 1. The van der Waals surface area contributed by atoms with E-state index in [4.69, 9.17) is 9.47 Å². The van der Waals surface area contributed by atoms with Gasteiger partial charge in [-0.05, 0) is 67.8 Å². The third-order valence-electron chi connectivity index (χ3n) is 4.93. The summed E-state index contributed by atoms with van der Waals surface area (Å²) in [6.07, 6.45) is 1.54. The first kappa shape index (κ1) is 24.1. The van der Waals surface area contributed by atoms with Crippen LogP contribution in [0.3, 0.4) is 0 Å². The summed E-state index contributed by atoms with van der Waals surface area (Å²) in [7, 11) is 0. The molecule has 0 aliphatic carbocycles. The quantitative estimate of drug-likeness (QED) is 0.277. The molecule has 0 saturated heterocycles.